The van der Waals surface area contributed by atoms with Crippen molar-refractivity contribution in [2.45, 2.75) is 57.4 Å². The molecule has 3 rings (SSSR count). The van der Waals surface area contributed by atoms with E-state index >= 15 is 0 Å². The highest BCUT2D eigenvalue weighted by Crippen LogP contribution is 2.25. The van der Waals surface area contributed by atoms with E-state index in [1.807, 2.05) is 6.33 Å². The standard InChI is InChI=1S/C18H29N3O2Si/c1-24(2,3)9-8-22-13-21-12-20-17-10-14(4-7-18(17)21)16(19)11-23-15-5-6-15/h4,7,10,12,15-16H,5-6,8-9,11,13,19H2,1-3H3. The molecule has 1 heterocycles. The van der Waals surface area contributed by atoms with Gasteiger partial charge in [-0.1, -0.05) is 25.7 Å². The zero-order valence-electron chi connectivity index (χ0n) is 15.0. The summed E-state index contributed by atoms with van der Waals surface area (Å²) in [6, 6.07) is 7.31. The third-order valence-electron chi connectivity index (χ3n) is 4.34. The Hall–Kier alpha value is -1.21. The minimum Gasteiger partial charge on any atom is -0.376 e. The number of rotatable bonds is 9. The van der Waals surface area contributed by atoms with Crippen LogP contribution in [-0.4, -0.2) is 36.9 Å². The molecule has 0 spiro atoms. The number of aromatic nitrogens is 2. The Morgan fingerprint density at radius 1 is 1.33 bits per heavy atom. The van der Waals surface area contributed by atoms with Crippen LogP contribution in [0.25, 0.3) is 11.0 Å². The zero-order valence-corrected chi connectivity index (χ0v) is 16.0. The Morgan fingerprint density at radius 2 is 2.12 bits per heavy atom. The van der Waals surface area contributed by atoms with E-state index < -0.39 is 8.07 Å². The van der Waals surface area contributed by atoms with Crippen molar-refractivity contribution >= 4 is 19.1 Å². The monoisotopic (exact) mass is 347 g/mol. The van der Waals surface area contributed by atoms with Crippen molar-refractivity contribution < 1.29 is 9.47 Å². The second-order valence-electron chi connectivity index (χ2n) is 7.95. The fraction of sp³-hybridized carbons (Fsp3) is 0.611. The van der Waals surface area contributed by atoms with Crippen molar-refractivity contribution in [2.24, 2.45) is 5.73 Å². The lowest BCUT2D eigenvalue weighted by Crippen LogP contribution is -2.21. The Morgan fingerprint density at radius 3 is 2.83 bits per heavy atom. The molecule has 24 heavy (non-hydrogen) atoms. The molecular formula is C18H29N3O2Si. The smallest absolute Gasteiger partial charge is 0.124 e. The molecule has 1 aliphatic carbocycles. The van der Waals surface area contributed by atoms with Gasteiger partial charge in [0, 0.05) is 14.7 Å². The second kappa shape index (κ2) is 7.35. The van der Waals surface area contributed by atoms with Crippen LogP contribution in [0.5, 0.6) is 0 Å². The number of nitrogens with two attached hydrogens (primary N) is 1. The van der Waals surface area contributed by atoms with Crippen molar-refractivity contribution in [3.63, 3.8) is 0 Å². The topological polar surface area (TPSA) is 62.3 Å². The molecule has 1 saturated carbocycles. The molecule has 0 bridgehead atoms. The predicted molar refractivity (Wildman–Crippen MR) is 99.7 cm³/mol. The Bertz CT molecular complexity index is 676. The van der Waals surface area contributed by atoms with Gasteiger partial charge in [0.2, 0.25) is 0 Å². The lowest BCUT2D eigenvalue weighted by molar-refractivity contribution is 0.0898. The summed E-state index contributed by atoms with van der Waals surface area (Å²) >= 11 is 0. The normalized spacial score (nSPS) is 16.7. The van der Waals surface area contributed by atoms with Crippen LogP contribution in [0.15, 0.2) is 24.5 Å². The number of nitrogens with zero attached hydrogens (tertiary/aromatic N) is 2. The molecule has 1 aliphatic rings. The van der Waals surface area contributed by atoms with Gasteiger partial charge in [-0.2, -0.15) is 0 Å². The molecule has 1 fully saturated rings. The summed E-state index contributed by atoms with van der Waals surface area (Å²) in [4.78, 5) is 4.49. The Labute approximate surface area is 145 Å². The van der Waals surface area contributed by atoms with Gasteiger partial charge in [-0.05, 0) is 36.6 Å². The Kier molecular flexibility index (Phi) is 5.39. The molecule has 0 saturated heterocycles. The highest BCUT2D eigenvalue weighted by atomic mass is 28.3. The molecule has 2 N–H and O–H groups in total. The molecule has 6 heteroatoms. The lowest BCUT2D eigenvalue weighted by Gasteiger charge is -2.15. The van der Waals surface area contributed by atoms with Crippen LogP contribution >= 0.6 is 0 Å². The summed E-state index contributed by atoms with van der Waals surface area (Å²) in [5, 5.41) is 0. The average molecular weight is 348 g/mol. The molecule has 1 aromatic carbocycles. The van der Waals surface area contributed by atoms with Crippen LogP contribution in [0.1, 0.15) is 24.4 Å². The first-order valence-corrected chi connectivity index (χ1v) is 12.5. The van der Waals surface area contributed by atoms with Gasteiger partial charge < -0.3 is 19.8 Å². The number of hydrogen-bond acceptors (Lipinski definition) is 4. The summed E-state index contributed by atoms with van der Waals surface area (Å²) in [6.07, 6.45) is 4.63. The van der Waals surface area contributed by atoms with Crippen LogP contribution in [0.4, 0.5) is 0 Å². The van der Waals surface area contributed by atoms with Gasteiger partial charge in [0.15, 0.2) is 0 Å². The SMILES string of the molecule is C[Si](C)(C)CCOCn1cnc2cc(C(N)COC3CC3)ccc21. The summed E-state index contributed by atoms with van der Waals surface area (Å²) in [7, 11) is -1.04. The summed E-state index contributed by atoms with van der Waals surface area (Å²) < 4.78 is 13.6. The molecule has 5 nitrogen and oxygen atoms in total. The van der Waals surface area contributed by atoms with Crippen LogP contribution in [0.3, 0.4) is 0 Å². The molecule has 132 valence electrons. The van der Waals surface area contributed by atoms with Gasteiger partial charge in [-0.25, -0.2) is 4.98 Å². The fourth-order valence-electron chi connectivity index (χ4n) is 2.53. The van der Waals surface area contributed by atoms with Crippen molar-refractivity contribution in [3.8, 4) is 0 Å². The molecule has 1 atom stereocenters. The molecule has 0 aliphatic heterocycles. The minimum absolute atomic E-state index is 0.0897. The maximum absolute atomic E-state index is 6.23. The van der Waals surface area contributed by atoms with E-state index in [1.54, 1.807) is 0 Å². The number of hydrogen-bond donors (Lipinski definition) is 1. The van der Waals surface area contributed by atoms with Gasteiger partial charge >= 0.3 is 0 Å². The van der Waals surface area contributed by atoms with Crippen LogP contribution < -0.4 is 5.73 Å². The molecule has 1 aromatic heterocycles. The number of fused-ring (bicyclic) bond motifs is 1. The first-order valence-electron chi connectivity index (χ1n) is 8.82. The highest BCUT2D eigenvalue weighted by molar-refractivity contribution is 6.76. The van der Waals surface area contributed by atoms with E-state index in [-0.39, 0.29) is 6.04 Å². The maximum atomic E-state index is 6.23. The van der Waals surface area contributed by atoms with Crippen molar-refractivity contribution in [1.82, 2.24) is 9.55 Å². The van der Waals surface area contributed by atoms with Crippen LogP contribution in [0.2, 0.25) is 25.7 Å². The first-order chi connectivity index (χ1) is 11.4. The molecule has 0 amide bonds. The second-order valence-corrected chi connectivity index (χ2v) is 13.6. The predicted octanol–water partition coefficient (Wildman–Crippen LogP) is 3.53. The molecule has 1 unspecified atom stereocenters. The zero-order chi connectivity index (χ0) is 17.2. The van der Waals surface area contributed by atoms with Crippen LogP contribution in [0, 0.1) is 0 Å². The number of imidazole rings is 1. The van der Waals surface area contributed by atoms with E-state index in [1.165, 1.54) is 18.9 Å². The first kappa shape index (κ1) is 17.6. The summed E-state index contributed by atoms with van der Waals surface area (Å²) in [5.74, 6) is 0. The van der Waals surface area contributed by atoms with E-state index in [0.717, 1.165) is 23.2 Å². The third-order valence-corrected chi connectivity index (χ3v) is 6.04. The van der Waals surface area contributed by atoms with E-state index in [0.29, 0.717) is 19.4 Å². The highest BCUT2D eigenvalue weighted by Gasteiger charge is 2.23. The maximum Gasteiger partial charge on any atom is 0.124 e. The quantitative estimate of drug-likeness (QED) is 0.557. The van der Waals surface area contributed by atoms with Gasteiger partial charge in [0.05, 0.1) is 36.1 Å². The molecular weight excluding hydrogens is 318 g/mol. The van der Waals surface area contributed by atoms with Gasteiger partial charge in [-0.3, -0.25) is 0 Å². The summed E-state index contributed by atoms with van der Waals surface area (Å²) in [6.45, 7) is 9.03. The fourth-order valence-corrected chi connectivity index (χ4v) is 3.28. The minimum atomic E-state index is -1.04. The lowest BCUT2D eigenvalue weighted by atomic mass is 10.1. The third kappa shape index (κ3) is 4.89. The molecule has 0 radical (unpaired) electrons. The van der Waals surface area contributed by atoms with Gasteiger partial charge in [-0.15, -0.1) is 0 Å². The average Bonchev–Trinajstić information content (AvgIpc) is 3.27. The summed E-state index contributed by atoms with van der Waals surface area (Å²) in [5.41, 5.74) is 9.35. The number of benzene rings is 1. The van der Waals surface area contributed by atoms with Crippen molar-refractivity contribution in [2.75, 3.05) is 13.2 Å². The number of ether oxygens (including phenoxy) is 2. The van der Waals surface area contributed by atoms with Crippen molar-refractivity contribution in [1.29, 1.82) is 0 Å². The van der Waals surface area contributed by atoms with Crippen LogP contribution in [-0.2, 0) is 16.2 Å². The van der Waals surface area contributed by atoms with Gasteiger partial charge in [0.1, 0.15) is 6.73 Å². The van der Waals surface area contributed by atoms with Gasteiger partial charge in [0.25, 0.3) is 0 Å². The largest absolute Gasteiger partial charge is 0.376 e. The van der Waals surface area contributed by atoms with E-state index in [2.05, 4.69) is 47.4 Å². The Balaban J connectivity index is 1.58. The van der Waals surface area contributed by atoms with E-state index in [9.17, 15) is 0 Å². The van der Waals surface area contributed by atoms with E-state index in [4.69, 9.17) is 15.2 Å². The van der Waals surface area contributed by atoms with Crippen molar-refractivity contribution in [3.05, 3.63) is 30.1 Å². The molecule has 2 aromatic rings.